The average molecular weight is 647 g/mol. The summed E-state index contributed by atoms with van der Waals surface area (Å²) < 4.78 is 22.7. The lowest BCUT2D eigenvalue weighted by Gasteiger charge is -2.34. The zero-order chi connectivity index (χ0) is 33.5. The lowest BCUT2D eigenvalue weighted by Crippen LogP contribution is -2.28. The highest BCUT2D eigenvalue weighted by molar-refractivity contribution is 5.92. The van der Waals surface area contributed by atoms with E-state index in [1.54, 1.807) is 0 Å². The van der Waals surface area contributed by atoms with Gasteiger partial charge >= 0.3 is 0 Å². The van der Waals surface area contributed by atoms with Crippen molar-refractivity contribution in [1.29, 1.82) is 0 Å². The number of hydrogen-bond donors (Lipinski definition) is 0. The van der Waals surface area contributed by atoms with Crippen molar-refractivity contribution in [1.82, 2.24) is 0 Å². The molecule has 1 aliphatic rings. The molecule has 0 fully saturated rings. The molecule has 0 aromatic heterocycles. The average Bonchev–Trinajstić information content (AvgIpc) is 3.45. The van der Waals surface area contributed by atoms with Crippen LogP contribution >= 0.6 is 0 Å². The molecule has 49 heavy (non-hydrogen) atoms. The molecular weight excluding hydrogens is 604 g/mol. The molecule has 0 saturated carbocycles. The number of rotatable bonds is 16. The third-order valence-electron chi connectivity index (χ3n) is 9.53. The van der Waals surface area contributed by atoms with Gasteiger partial charge in [-0.1, -0.05) is 98.1 Å². The second-order valence-corrected chi connectivity index (χ2v) is 12.5. The molecule has 6 aromatic carbocycles. The molecule has 0 bridgehead atoms. The number of fused-ring (bicyclic) bond motifs is 5. The maximum absolute atomic E-state index is 6.10. The van der Waals surface area contributed by atoms with Gasteiger partial charge in [-0.25, -0.2) is 0 Å². The van der Waals surface area contributed by atoms with Crippen LogP contribution in [0.15, 0.2) is 147 Å². The zero-order valence-electron chi connectivity index (χ0n) is 27.9. The number of ether oxygens (including phenoxy) is 4. The smallest absolute Gasteiger partial charge is 0.119 e. The Morgan fingerprint density at radius 3 is 1.33 bits per heavy atom. The minimum absolute atomic E-state index is 0.485. The van der Waals surface area contributed by atoms with Crippen LogP contribution in [0.1, 0.15) is 47.9 Å². The molecule has 1 aliphatic carbocycles. The maximum Gasteiger partial charge on any atom is 0.119 e. The molecule has 0 unspecified atom stereocenters. The summed E-state index contributed by atoms with van der Waals surface area (Å²) in [6.07, 6.45) is 6.71. The van der Waals surface area contributed by atoms with Crippen molar-refractivity contribution >= 4 is 21.5 Å². The Balaban J connectivity index is 1.25. The van der Waals surface area contributed by atoms with Crippen LogP contribution < -0.4 is 9.47 Å². The molecule has 0 saturated heterocycles. The van der Waals surface area contributed by atoms with E-state index in [1.807, 2.05) is 0 Å². The van der Waals surface area contributed by atoms with Gasteiger partial charge in [-0.05, 0) is 117 Å². The molecule has 4 heteroatoms. The molecule has 0 radical (unpaired) electrons. The van der Waals surface area contributed by atoms with Gasteiger partial charge < -0.3 is 18.9 Å². The van der Waals surface area contributed by atoms with Crippen LogP contribution in [-0.4, -0.2) is 26.4 Å². The Labute approximate surface area is 289 Å². The minimum atomic E-state index is -0.485. The standard InChI is InChI=1S/C45H42O4/c1-3-46-25-9-11-27-48-39-23-19-33-29-37(21-17-35(33)31-39)45(43-15-7-5-13-41(43)42-14-6-8-16-44(42)45)38-22-18-36-32-40(24-20-34(36)30-38)49-28-12-10-26-47-4-2/h3-8,13-24,29-32H,1-2,9-12,25-28H2. The van der Waals surface area contributed by atoms with E-state index in [1.165, 1.54) is 56.7 Å². The largest absolute Gasteiger partial charge is 0.502 e. The lowest BCUT2D eigenvalue weighted by molar-refractivity contribution is 0.226. The monoisotopic (exact) mass is 646 g/mol. The molecule has 4 nitrogen and oxygen atoms in total. The quantitative estimate of drug-likeness (QED) is 0.0773. The van der Waals surface area contributed by atoms with Gasteiger partial charge in [-0.2, -0.15) is 0 Å². The highest BCUT2D eigenvalue weighted by atomic mass is 16.5. The summed E-state index contributed by atoms with van der Waals surface area (Å²) in [5.41, 5.74) is 7.17. The van der Waals surface area contributed by atoms with Crippen molar-refractivity contribution in [2.45, 2.75) is 31.1 Å². The van der Waals surface area contributed by atoms with Gasteiger partial charge in [0.2, 0.25) is 0 Å². The predicted molar refractivity (Wildman–Crippen MR) is 201 cm³/mol. The molecule has 0 N–H and O–H groups in total. The summed E-state index contributed by atoms with van der Waals surface area (Å²) in [6, 6.07) is 44.4. The van der Waals surface area contributed by atoms with Gasteiger partial charge in [0.25, 0.3) is 0 Å². The molecule has 0 amide bonds. The van der Waals surface area contributed by atoms with E-state index in [-0.39, 0.29) is 0 Å². The Morgan fingerprint density at radius 2 is 0.857 bits per heavy atom. The van der Waals surface area contributed by atoms with Crippen LogP contribution in [0.25, 0.3) is 32.7 Å². The molecule has 7 rings (SSSR count). The van der Waals surface area contributed by atoms with Gasteiger partial charge in [-0.15, -0.1) is 0 Å². The molecule has 246 valence electrons. The van der Waals surface area contributed by atoms with Gasteiger partial charge in [0.05, 0.1) is 44.4 Å². The molecular formula is C45H42O4. The predicted octanol–water partition coefficient (Wildman–Crippen LogP) is 11.0. The summed E-state index contributed by atoms with van der Waals surface area (Å²) >= 11 is 0. The van der Waals surface area contributed by atoms with E-state index < -0.39 is 5.41 Å². The van der Waals surface area contributed by atoms with E-state index >= 15 is 0 Å². The van der Waals surface area contributed by atoms with E-state index in [9.17, 15) is 0 Å². The first-order valence-electron chi connectivity index (χ1n) is 17.2. The summed E-state index contributed by atoms with van der Waals surface area (Å²) in [5.74, 6) is 1.77. The van der Waals surface area contributed by atoms with Crippen LogP contribution in [0.4, 0.5) is 0 Å². The Kier molecular flexibility index (Phi) is 9.65. The second kappa shape index (κ2) is 14.7. The van der Waals surface area contributed by atoms with E-state index in [0.29, 0.717) is 26.4 Å². The van der Waals surface area contributed by atoms with E-state index in [2.05, 4.69) is 134 Å². The van der Waals surface area contributed by atoms with Crippen LogP contribution in [0.3, 0.4) is 0 Å². The fraction of sp³-hybridized carbons (Fsp3) is 0.200. The van der Waals surface area contributed by atoms with Crippen molar-refractivity contribution in [2.24, 2.45) is 0 Å². The van der Waals surface area contributed by atoms with Crippen molar-refractivity contribution < 1.29 is 18.9 Å². The second-order valence-electron chi connectivity index (χ2n) is 12.5. The summed E-state index contributed by atoms with van der Waals surface area (Å²) in [6.45, 7) is 9.84. The summed E-state index contributed by atoms with van der Waals surface area (Å²) in [4.78, 5) is 0. The first-order valence-corrected chi connectivity index (χ1v) is 17.2. The third kappa shape index (κ3) is 6.39. The Hall–Kier alpha value is -5.48. The third-order valence-corrected chi connectivity index (χ3v) is 9.53. The van der Waals surface area contributed by atoms with Crippen LogP contribution in [0.5, 0.6) is 11.5 Å². The van der Waals surface area contributed by atoms with E-state index in [0.717, 1.165) is 48.0 Å². The van der Waals surface area contributed by atoms with Crippen LogP contribution in [0, 0.1) is 0 Å². The van der Waals surface area contributed by atoms with E-state index in [4.69, 9.17) is 18.9 Å². The van der Waals surface area contributed by atoms with Gasteiger partial charge in [-0.3, -0.25) is 0 Å². The van der Waals surface area contributed by atoms with Gasteiger partial charge in [0.15, 0.2) is 0 Å². The molecule has 0 heterocycles. The number of benzene rings is 6. The summed E-state index contributed by atoms with van der Waals surface area (Å²) in [7, 11) is 0. The fourth-order valence-electron chi connectivity index (χ4n) is 7.24. The first kappa shape index (κ1) is 32.1. The van der Waals surface area contributed by atoms with Crippen molar-refractivity contribution in [3.05, 3.63) is 169 Å². The molecule has 0 spiro atoms. The maximum atomic E-state index is 6.10. The summed E-state index contributed by atoms with van der Waals surface area (Å²) in [5, 5.41) is 4.68. The first-order chi connectivity index (χ1) is 24.2. The van der Waals surface area contributed by atoms with Gasteiger partial charge in [0, 0.05) is 0 Å². The van der Waals surface area contributed by atoms with Gasteiger partial charge in [0.1, 0.15) is 11.5 Å². The molecule has 6 aromatic rings. The normalized spacial score (nSPS) is 12.7. The Bertz CT molecular complexity index is 1940. The number of unbranched alkanes of at least 4 members (excludes halogenated alkanes) is 2. The Morgan fingerprint density at radius 1 is 0.449 bits per heavy atom. The van der Waals surface area contributed by atoms with Crippen molar-refractivity contribution in [3.8, 4) is 22.6 Å². The SMILES string of the molecule is C=COCCCCOc1ccc2cc(C3(c4ccc5cc(OCCCCOC=C)ccc5c4)c4ccccc4-c4ccccc43)ccc2c1. The fourth-order valence-corrected chi connectivity index (χ4v) is 7.24. The number of hydrogen-bond acceptors (Lipinski definition) is 4. The molecule has 0 aliphatic heterocycles. The van der Waals surface area contributed by atoms with Crippen molar-refractivity contribution in [2.75, 3.05) is 26.4 Å². The highest BCUT2D eigenvalue weighted by Gasteiger charge is 2.46. The highest BCUT2D eigenvalue weighted by Crippen LogP contribution is 2.56. The molecule has 0 atom stereocenters. The lowest BCUT2D eigenvalue weighted by atomic mass is 9.67. The van der Waals surface area contributed by atoms with Crippen LogP contribution in [-0.2, 0) is 14.9 Å². The zero-order valence-corrected chi connectivity index (χ0v) is 27.9. The minimum Gasteiger partial charge on any atom is -0.502 e. The topological polar surface area (TPSA) is 36.9 Å². The van der Waals surface area contributed by atoms with Crippen LogP contribution in [0.2, 0.25) is 0 Å². The van der Waals surface area contributed by atoms with Crippen molar-refractivity contribution in [3.63, 3.8) is 0 Å².